The Morgan fingerprint density at radius 1 is 1.25 bits per heavy atom. The van der Waals surface area contributed by atoms with Crippen molar-refractivity contribution < 1.29 is 18.7 Å². The van der Waals surface area contributed by atoms with Crippen LogP contribution in [-0.4, -0.2) is 25.2 Å². The minimum Gasteiger partial charge on any atom is -0.380 e. The van der Waals surface area contributed by atoms with Crippen LogP contribution in [0.4, 0.5) is 0 Å². The molecule has 0 aliphatic heterocycles. The Balaban J connectivity index is 4.66. The van der Waals surface area contributed by atoms with Crippen LogP contribution in [0.15, 0.2) is 0 Å². The van der Waals surface area contributed by atoms with Gasteiger partial charge in [-0.3, -0.25) is 4.57 Å². The standard InChI is InChI=1S/C7H17O4P/c1-7(2,3)6(8)12(9,10-4)11-5/h6,8H,1-5H3. The van der Waals surface area contributed by atoms with Crippen LogP contribution in [0.3, 0.4) is 0 Å². The molecule has 0 bridgehead atoms. The van der Waals surface area contributed by atoms with E-state index in [-0.39, 0.29) is 0 Å². The lowest BCUT2D eigenvalue weighted by atomic mass is 9.98. The first kappa shape index (κ1) is 12.1. The largest absolute Gasteiger partial charge is 0.380 e. The number of rotatable bonds is 3. The summed E-state index contributed by atoms with van der Waals surface area (Å²) in [7, 11) is -0.812. The minimum absolute atomic E-state index is 0.512. The predicted octanol–water partition coefficient (Wildman–Crippen LogP) is 1.84. The van der Waals surface area contributed by atoms with Crippen molar-refractivity contribution >= 4 is 7.60 Å². The molecule has 0 amide bonds. The van der Waals surface area contributed by atoms with E-state index >= 15 is 0 Å². The highest BCUT2D eigenvalue weighted by atomic mass is 31.2. The van der Waals surface area contributed by atoms with Gasteiger partial charge in [0, 0.05) is 14.2 Å². The molecule has 1 N–H and O–H groups in total. The summed E-state index contributed by atoms with van der Waals surface area (Å²) in [6.45, 7) is 5.30. The summed E-state index contributed by atoms with van der Waals surface area (Å²) < 4.78 is 20.9. The molecule has 4 nitrogen and oxygen atoms in total. The fraction of sp³-hybridized carbons (Fsp3) is 1.00. The molecule has 0 fully saturated rings. The maximum absolute atomic E-state index is 11.6. The highest BCUT2D eigenvalue weighted by Gasteiger charge is 2.40. The van der Waals surface area contributed by atoms with Gasteiger partial charge in [-0.05, 0) is 5.41 Å². The SMILES string of the molecule is COP(=O)(OC)C(O)C(C)(C)C. The molecule has 12 heavy (non-hydrogen) atoms. The summed E-state index contributed by atoms with van der Waals surface area (Å²) in [5.41, 5.74) is -0.512. The van der Waals surface area contributed by atoms with Gasteiger partial charge in [-0.25, -0.2) is 0 Å². The number of aliphatic hydroxyl groups is 1. The number of hydrogen-bond donors (Lipinski definition) is 1. The summed E-state index contributed by atoms with van der Waals surface area (Å²) in [5, 5.41) is 9.59. The third-order valence-corrected chi connectivity index (χ3v) is 3.97. The van der Waals surface area contributed by atoms with Crippen molar-refractivity contribution in [3.05, 3.63) is 0 Å². The minimum atomic E-state index is -3.34. The lowest BCUT2D eigenvalue weighted by molar-refractivity contribution is 0.0922. The van der Waals surface area contributed by atoms with Crippen LogP contribution in [0.2, 0.25) is 0 Å². The molecule has 74 valence electrons. The van der Waals surface area contributed by atoms with Crippen LogP contribution >= 0.6 is 7.60 Å². The van der Waals surface area contributed by atoms with Gasteiger partial charge in [-0.1, -0.05) is 20.8 Å². The molecule has 0 aliphatic carbocycles. The second kappa shape index (κ2) is 3.88. The Hall–Kier alpha value is 0.110. The topological polar surface area (TPSA) is 55.8 Å². The zero-order chi connectivity index (χ0) is 9.99. The summed E-state index contributed by atoms with van der Waals surface area (Å²) in [6.07, 6.45) is 0. The average Bonchev–Trinajstić information content (AvgIpc) is 2.00. The van der Waals surface area contributed by atoms with Crippen molar-refractivity contribution in [2.24, 2.45) is 5.41 Å². The van der Waals surface area contributed by atoms with Crippen LogP contribution in [0.1, 0.15) is 20.8 Å². The van der Waals surface area contributed by atoms with Crippen molar-refractivity contribution in [1.82, 2.24) is 0 Å². The summed E-state index contributed by atoms with van der Waals surface area (Å²) >= 11 is 0. The molecule has 0 heterocycles. The molecule has 0 aliphatic rings. The first-order chi connectivity index (χ1) is 5.28. The molecule has 5 heteroatoms. The predicted molar refractivity (Wildman–Crippen MR) is 47.1 cm³/mol. The van der Waals surface area contributed by atoms with E-state index in [2.05, 4.69) is 9.05 Å². The fourth-order valence-corrected chi connectivity index (χ4v) is 2.25. The van der Waals surface area contributed by atoms with Crippen LogP contribution in [0.5, 0.6) is 0 Å². The Morgan fingerprint density at radius 3 is 1.67 bits per heavy atom. The Bertz CT molecular complexity index is 176. The van der Waals surface area contributed by atoms with E-state index in [9.17, 15) is 9.67 Å². The van der Waals surface area contributed by atoms with Crippen molar-refractivity contribution in [2.75, 3.05) is 14.2 Å². The van der Waals surface area contributed by atoms with Gasteiger partial charge in [0.15, 0.2) is 5.85 Å². The lowest BCUT2D eigenvalue weighted by Crippen LogP contribution is -2.27. The molecular weight excluding hydrogens is 179 g/mol. The van der Waals surface area contributed by atoms with Crippen LogP contribution in [-0.2, 0) is 13.6 Å². The van der Waals surface area contributed by atoms with E-state index in [1.54, 1.807) is 20.8 Å². The fourth-order valence-electron chi connectivity index (χ4n) is 0.749. The summed E-state index contributed by atoms with van der Waals surface area (Å²) in [6, 6.07) is 0. The van der Waals surface area contributed by atoms with Gasteiger partial charge in [-0.2, -0.15) is 0 Å². The quantitative estimate of drug-likeness (QED) is 0.699. The van der Waals surface area contributed by atoms with E-state index in [1.165, 1.54) is 14.2 Å². The van der Waals surface area contributed by atoms with E-state index in [1.807, 2.05) is 0 Å². The Morgan fingerprint density at radius 2 is 1.58 bits per heavy atom. The molecule has 1 unspecified atom stereocenters. The first-order valence-electron chi connectivity index (χ1n) is 3.67. The Kier molecular flexibility index (Phi) is 3.91. The van der Waals surface area contributed by atoms with Crippen LogP contribution in [0.25, 0.3) is 0 Å². The van der Waals surface area contributed by atoms with Gasteiger partial charge in [0.05, 0.1) is 0 Å². The molecule has 0 radical (unpaired) electrons. The van der Waals surface area contributed by atoms with Gasteiger partial charge in [0.2, 0.25) is 0 Å². The van der Waals surface area contributed by atoms with Gasteiger partial charge in [0.25, 0.3) is 0 Å². The van der Waals surface area contributed by atoms with Crippen LogP contribution < -0.4 is 0 Å². The highest BCUT2D eigenvalue weighted by Crippen LogP contribution is 2.55. The lowest BCUT2D eigenvalue weighted by Gasteiger charge is -2.29. The van der Waals surface area contributed by atoms with Crippen molar-refractivity contribution in [2.45, 2.75) is 26.6 Å². The van der Waals surface area contributed by atoms with Crippen LogP contribution in [0, 0.1) is 5.41 Å². The van der Waals surface area contributed by atoms with Crippen molar-refractivity contribution in [1.29, 1.82) is 0 Å². The molecule has 0 aromatic rings. The molecule has 0 aromatic heterocycles. The average molecular weight is 196 g/mol. The highest BCUT2D eigenvalue weighted by molar-refractivity contribution is 7.54. The molecule has 0 rings (SSSR count). The molecule has 0 saturated carbocycles. The summed E-state index contributed by atoms with van der Waals surface area (Å²) in [5.74, 6) is -1.10. The van der Waals surface area contributed by atoms with E-state index in [0.29, 0.717) is 0 Å². The second-order valence-electron chi connectivity index (χ2n) is 3.64. The normalized spacial score (nSPS) is 16.2. The smallest absolute Gasteiger partial charge is 0.358 e. The zero-order valence-electron chi connectivity index (χ0n) is 8.20. The first-order valence-corrected chi connectivity index (χ1v) is 5.28. The zero-order valence-corrected chi connectivity index (χ0v) is 9.09. The van der Waals surface area contributed by atoms with E-state index in [4.69, 9.17) is 0 Å². The molecule has 0 saturated heterocycles. The van der Waals surface area contributed by atoms with Gasteiger partial charge >= 0.3 is 7.60 Å². The van der Waals surface area contributed by atoms with Crippen molar-refractivity contribution in [3.63, 3.8) is 0 Å². The number of hydrogen-bond acceptors (Lipinski definition) is 4. The van der Waals surface area contributed by atoms with Gasteiger partial charge in [0.1, 0.15) is 0 Å². The van der Waals surface area contributed by atoms with Gasteiger partial charge < -0.3 is 14.2 Å². The third kappa shape index (κ3) is 2.56. The summed E-state index contributed by atoms with van der Waals surface area (Å²) in [4.78, 5) is 0. The third-order valence-electron chi connectivity index (χ3n) is 1.58. The molecule has 0 spiro atoms. The van der Waals surface area contributed by atoms with E-state index in [0.717, 1.165) is 0 Å². The molecule has 1 atom stereocenters. The Labute approximate surface area is 73.4 Å². The molecule has 0 aromatic carbocycles. The monoisotopic (exact) mass is 196 g/mol. The van der Waals surface area contributed by atoms with Gasteiger partial charge in [-0.15, -0.1) is 0 Å². The maximum atomic E-state index is 11.6. The maximum Gasteiger partial charge on any atom is 0.358 e. The number of aliphatic hydroxyl groups excluding tert-OH is 1. The van der Waals surface area contributed by atoms with E-state index < -0.39 is 18.9 Å². The molecular formula is C7H17O4P. The van der Waals surface area contributed by atoms with Crippen molar-refractivity contribution in [3.8, 4) is 0 Å². The second-order valence-corrected chi connectivity index (χ2v) is 5.94.